The van der Waals surface area contributed by atoms with E-state index in [0.717, 1.165) is 10.2 Å². The maximum absolute atomic E-state index is 12.0. The molecule has 0 atom stereocenters. The summed E-state index contributed by atoms with van der Waals surface area (Å²) in [4.78, 5) is 26.2. The molecule has 3 aromatic rings. The van der Waals surface area contributed by atoms with Crippen molar-refractivity contribution in [3.05, 3.63) is 73.8 Å². The summed E-state index contributed by atoms with van der Waals surface area (Å²) in [5.74, 6) is 0. The zero-order chi connectivity index (χ0) is 13.4. The molecule has 0 fully saturated rings. The summed E-state index contributed by atoms with van der Waals surface area (Å²) in [5.41, 5.74) is 0.485. The minimum absolute atomic E-state index is 0.381. The predicted octanol–water partition coefficient (Wildman–Crippen LogP) is 2.44. The fourth-order valence-corrected chi connectivity index (χ4v) is 2.41. The Labute approximate surface area is 116 Å². The number of nitrogens with zero attached hydrogens (tertiary/aromatic N) is 1. The molecule has 4 nitrogen and oxygen atoms in total. The maximum atomic E-state index is 12.0. The Balaban J connectivity index is 2.49. The highest BCUT2D eigenvalue weighted by Crippen LogP contribution is 2.18. The van der Waals surface area contributed by atoms with Crippen LogP contribution < -0.4 is 11.2 Å². The normalized spacial score (nSPS) is 10.8. The lowest BCUT2D eigenvalue weighted by atomic mass is 10.2. The fourth-order valence-electron chi connectivity index (χ4n) is 2.05. The Morgan fingerprint density at radius 2 is 1.74 bits per heavy atom. The van der Waals surface area contributed by atoms with E-state index >= 15 is 0 Å². The minimum atomic E-state index is -0.439. The number of aromatic nitrogens is 2. The van der Waals surface area contributed by atoms with Crippen LogP contribution in [0.1, 0.15) is 0 Å². The number of hydrogen-bond donors (Lipinski definition) is 1. The average Bonchev–Trinajstić information content (AvgIpc) is 2.41. The molecule has 0 aliphatic rings. The van der Waals surface area contributed by atoms with Gasteiger partial charge < -0.3 is 0 Å². The molecule has 0 aliphatic heterocycles. The number of rotatable bonds is 1. The number of benzene rings is 2. The van der Waals surface area contributed by atoms with Crippen LogP contribution in [0.4, 0.5) is 0 Å². The third-order valence-electron chi connectivity index (χ3n) is 2.88. The van der Waals surface area contributed by atoms with Crippen LogP contribution in [0.15, 0.2) is 62.6 Å². The van der Waals surface area contributed by atoms with Crippen molar-refractivity contribution in [3.63, 3.8) is 0 Å². The molecule has 0 spiro atoms. The molecule has 0 saturated heterocycles. The fraction of sp³-hybridized carbons (Fsp3) is 0. The van der Waals surface area contributed by atoms with Crippen molar-refractivity contribution in [3.8, 4) is 5.69 Å². The second kappa shape index (κ2) is 4.51. The van der Waals surface area contributed by atoms with Crippen LogP contribution >= 0.6 is 15.9 Å². The summed E-state index contributed by atoms with van der Waals surface area (Å²) < 4.78 is 2.28. The molecule has 94 valence electrons. The van der Waals surface area contributed by atoms with Gasteiger partial charge in [0.25, 0.3) is 5.56 Å². The maximum Gasteiger partial charge on any atom is 0.333 e. The Bertz CT molecular complexity index is 866. The van der Waals surface area contributed by atoms with E-state index < -0.39 is 5.69 Å². The lowest BCUT2D eigenvalue weighted by Crippen LogP contribution is -2.29. The van der Waals surface area contributed by atoms with Crippen molar-refractivity contribution >= 4 is 26.8 Å². The summed E-state index contributed by atoms with van der Waals surface area (Å²) in [6.07, 6.45) is 0. The van der Waals surface area contributed by atoms with Crippen molar-refractivity contribution in [1.29, 1.82) is 0 Å². The lowest BCUT2D eigenvalue weighted by molar-refractivity contribution is 0.943. The monoisotopic (exact) mass is 316 g/mol. The smallest absolute Gasteiger partial charge is 0.273 e. The van der Waals surface area contributed by atoms with Gasteiger partial charge in [-0.25, -0.2) is 4.79 Å². The molecule has 0 saturated carbocycles. The van der Waals surface area contributed by atoms with Gasteiger partial charge in [0.2, 0.25) is 0 Å². The van der Waals surface area contributed by atoms with Crippen LogP contribution in [0, 0.1) is 0 Å². The number of para-hydroxylation sites is 1. The Kier molecular flexibility index (Phi) is 2.83. The molecule has 0 bridgehead atoms. The van der Waals surface area contributed by atoms with Crippen LogP contribution in [0.2, 0.25) is 0 Å². The predicted molar refractivity (Wildman–Crippen MR) is 77.9 cm³/mol. The molecule has 0 unspecified atom stereocenters. The highest BCUT2D eigenvalue weighted by atomic mass is 79.9. The summed E-state index contributed by atoms with van der Waals surface area (Å²) >= 11 is 3.33. The van der Waals surface area contributed by atoms with Crippen molar-refractivity contribution in [2.75, 3.05) is 0 Å². The van der Waals surface area contributed by atoms with Gasteiger partial charge in [-0.1, -0.05) is 34.1 Å². The van der Waals surface area contributed by atoms with E-state index in [4.69, 9.17) is 0 Å². The average molecular weight is 317 g/mol. The van der Waals surface area contributed by atoms with Crippen molar-refractivity contribution < 1.29 is 0 Å². The lowest BCUT2D eigenvalue weighted by Gasteiger charge is -2.09. The number of halogens is 1. The highest BCUT2D eigenvalue weighted by Gasteiger charge is 2.08. The Hall–Kier alpha value is -2.14. The van der Waals surface area contributed by atoms with Crippen LogP contribution in [-0.2, 0) is 0 Å². The first-order valence-corrected chi connectivity index (χ1v) is 6.46. The van der Waals surface area contributed by atoms with E-state index in [1.807, 2.05) is 30.3 Å². The molecule has 3 rings (SSSR count). The molecule has 0 aliphatic carbocycles. The zero-order valence-corrected chi connectivity index (χ0v) is 11.3. The number of fused-ring (bicyclic) bond motifs is 1. The van der Waals surface area contributed by atoms with Crippen molar-refractivity contribution in [2.45, 2.75) is 0 Å². The van der Waals surface area contributed by atoms with E-state index in [1.165, 1.54) is 4.57 Å². The topological polar surface area (TPSA) is 54.9 Å². The van der Waals surface area contributed by atoms with Gasteiger partial charge in [-0.3, -0.25) is 14.3 Å². The Morgan fingerprint density at radius 1 is 1.00 bits per heavy atom. The van der Waals surface area contributed by atoms with Gasteiger partial charge in [0.1, 0.15) is 0 Å². The summed E-state index contributed by atoms with van der Waals surface area (Å²) in [5, 5.41) is 0.470. The number of hydrogen-bond acceptors (Lipinski definition) is 2. The number of H-pyrrole nitrogens is 1. The molecule has 0 radical (unpaired) electrons. The molecular formula is C14H9BrN2O2. The molecular weight excluding hydrogens is 308 g/mol. The van der Waals surface area contributed by atoms with E-state index in [-0.39, 0.29) is 5.56 Å². The van der Waals surface area contributed by atoms with E-state index in [1.54, 1.807) is 18.2 Å². The standard InChI is InChI=1S/C14H9BrN2O2/c15-9-6-7-12-11(8-9)13(18)16-14(19)17(12)10-4-2-1-3-5-10/h1-8H,(H,16,18,19). The van der Waals surface area contributed by atoms with Crippen LogP contribution in [-0.4, -0.2) is 9.55 Å². The van der Waals surface area contributed by atoms with Gasteiger partial charge in [-0.05, 0) is 30.3 Å². The van der Waals surface area contributed by atoms with Gasteiger partial charge in [-0.2, -0.15) is 0 Å². The molecule has 1 heterocycles. The first-order chi connectivity index (χ1) is 9.16. The van der Waals surface area contributed by atoms with E-state index in [2.05, 4.69) is 20.9 Å². The number of nitrogens with one attached hydrogen (secondary N) is 1. The van der Waals surface area contributed by atoms with Crippen LogP contribution in [0.25, 0.3) is 16.6 Å². The molecule has 0 amide bonds. The van der Waals surface area contributed by atoms with Gasteiger partial charge in [0.05, 0.1) is 16.6 Å². The van der Waals surface area contributed by atoms with Crippen molar-refractivity contribution in [2.24, 2.45) is 0 Å². The molecule has 5 heteroatoms. The first kappa shape index (κ1) is 11.9. The molecule has 1 aromatic heterocycles. The van der Waals surface area contributed by atoms with Gasteiger partial charge in [-0.15, -0.1) is 0 Å². The van der Waals surface area contributed by atoms with E-state index in [0.29, 0.717) is 10.9 Å². The third-order valence-corrected chi connectivity index (χ3v) is 3.38. The SMILES string of the molecule is O=c1[nH]c(=O)n(-c2ccccc2)c2ccc(Br)cc12. The molecule has 1 N–H and O–H groups in total. The van der Waals surface area contributed by atoms with E-state index in [9.17, 15) is 9.59 Å². The second-order valence-electron chi connectivity index (χ2n) is 4.09. The Morgan fingerprint density at radius 3 is 2.47 bits per heavy atom. The van der Waals surface area contributed by atoms with Gasteiger partial charge >= 0.3 is 5.69 Å². The van der Waals surface area contributed by atoms with Crippen LogP contribution in [0.5, 0.6) is 0 Å². The molecule has 19 heavy (non-hydrogen) atoms. The first-order valence-electron chi connectivity index (χ1n) is 5.67. The summed E-state index contributed by atoms with van der Waals surface area (Å²) in [6, 6.07) is 14.5. The highest BCUT2D eigenvalue weighted by molar-refractivity contribution is 9.10. The largest absolute Gasteiger partial charge is 0.333 e. The van der Waals surface area contributed by atoms with Gasteiger partial charge in [0, 0.05) is 4.47 Å². The summed E-state index contributed by atoms with van der Waals surface area (Å²) in [6.45, 7) is 0. The number of aromatic amines is 1. The summed E-state index contributed by atoms with van der Waals surface area (Å²) in [7, 11) is 0. The van der Waals surface area contributed by atoms with Crippen molar-refractivity contribution in [1.82, 2.24) is 9.55 Å². The third kappa shape index (κ3) is 2.02. The quantitative estimate of drug-likeness (QED) is 0.749. The molecule has 2 aromatic carbocycles. The minimum Gasteiger partial charge on any atom is -0.273 e. The second-order valence-corrected chi connectivity index (χ2v) is 5.01. The zero-order valence-electron chi connectivity index (χ0n) is 9.76. The van der Waals surface area contributed by atoms with Crippen LogP contribution in [0.3, 0.4) is 0 Å². The van der Waals surface area contributed by atoms with Gasteiger partial charge in [0.15, 0.2) is 0 Å².